The molecule has 0 aromatic heterocycles. The van der Waals surface area contributed by atoms with Crippen LogP contribution in [0.3, 0.4) is 0 Å². The molecule has 3 nitrogen and oxygen atoms in total. The highest BCUT2D eigenvalue weighted by atomic mass is 16.1. The van der Waals surface area contributed by atoms with Gasteiger partial charge in [-0.05, 0) is 92.4 Å². The van der Waals surface area contributed by atoms with Gasteiger partial charge in [0, 0.05) is 11.8 Å². The van der Waals surface area contributed by atoms with E-state index in [9.17, 15) is 4.79 Å². The van der Waals surface area contributed by atoms with Crippen molar-refractivity contribution in [3.8, 4) is 0 Å². The summed E-state index contributed by atoms with van der Waals surface area (Å²) in [6.07, 6.45) is 9.76. The van der Waals surface area contributed by atoms with E-state index in [1.54, 1.807) is 0 Å². The van der Waals surface area contributed by atoms with E-state index in [0.29, 0.717) is 6.04 Å². The average Bonchev–Trinajstić information content (AvgIpc) is 3.08. The second-order valence-corrected chi connectivity index (χ2v) is 10.4. The van der Waals surface area contributed by atoms with Crippen LogP contribution < -0.4 is 5.73 Å². The smallest absolute Gasteiger partial charge is 0.251 e. The average molecular weight is 363 g/mol. The van der Waals surface area contributed by atoms with Crippen LogP contribution in [-0.4, -0.2) is 17.7 Å². The normalized spacial score (nSPS) is 46.9. The van der Waals surface area contributed by atoms with Crippen LogP contribution in [-0.2, 0) is 10.2 Å². The van der Waals surface area contributed by atoms with Crippen molar-refractivity contribution in [2.45, 2.75) is 69.2 Å². The number of aliphatic imine (C=N–C) groups is 1. The van der Waals surface area contributed by atoms with E-state index in [4.69, 9.17) is 10.7 Å². The van der Waals surface area contributed by atoms with Gasteiger partial charge in [0.2, 0.25) is 0 Å². The molecule has 1 aromatic rings. The Balaban J connectivity index is 1.37. The van der Waals surface area contributed by atoms with Gasteiger partial charge in [-0.3, -0.25) is 4.79 Å². The van der Waals surface area contributed by atoms with Crippen molar-refractivity contribution in [2.75, 3.05) is 0 Å². The summed E-state index contributed by atoms with van der Waals surface area (Å²) >= 11 is 0. The first-order valence-corrected chi connectivity index (χ1v) is 11.0. The quantitative estimate of drug-likeness (QED) is 0.855. The lowest BCUT2D eigenvalue weighted by Gasteiger charge is -2.58. The summed E-state index contributed by atoms with van der Waals surface area (Å²) in [5.41, 5.74) is 8.73. The first-order chi connectivity index (χ1) is 13.1. The third-order valence-corrected chi connectivity index (χ3v) is 9.05. The maximum Gasteiger partial charge on any atom is 0.251 e. The minimum absolute atomic E-state index is 0.183. The molecular formula is C24H30N2O. The van der Waals surface area contributed by atoms with Gasteiger partial charge >= 0.3 is 0 Å². The van der Waals surface area contributed by atoms with E-state index in [2.05, 4.69) is 30.3 Å². The summed E-state index contributed by atoms with van der Waals surface area (Å²) in [4.78, 5) is 18.3. The lowest BCUT2D eigenvalue weighted by atomic mass is 9.45. The number of hydrogen-bond acceptors (Lipinski definition) is 2. The highest BCUT2D eigenvalue weighted by Crippen LogP contribution is 2.77. The molecule has 6 unspecified atom stereocenters. The summed E-state index contributed by atoms with van der Waals surface area (Å²) in [5, 5.41) is 0. The molecule has 6 atom stereocenters. The fourth-order valence-electron chi connectivity index (χ4n) is 8.31. The molecule has 27 heavy (non-hydrogen) atoms. The van der Waals surface area contributed by atoms with Crippen LogP contribution in [0.5, 0.6) is 0 Å². The highest BCUT2D eigenvalue weighted by Gasteiger charge is 2.73. The monoisotopic (exact) mass is 362 g/mol. The number of carbonyl (C=O) groups excluding carboxylic acids is 1. The Hall–Kier alpha value is -1.48. The van der Waals surface area contributed by atoms with Crippen LogP contribution in [0, 0.1) is 29.1 Å². The maximum atomic E-state index is 13.6. The zero-order valence-corrected chi connectivity index (χ0v) is 16.1. The number of amides is 1. The predicted molar refractivity (Wildman–Crippen MR) is 106 cm³/mol. The predicted octanol–water partition coefficient (Wildman–Crippen LogP) is 4.25. The molecule has 6 aliphatic rings. The molecule has 0 spiro atoms. The van der Waals surface area contributed by atoms with E-state index in [-0.39, 0.29) is 16.7 Å². The van der Waals surface area contributed by atoms with E-state index < -0.39 is 0 Å². The second kappa shape index (κ2) is 5.53. The van der Waals surface area contributed by atoms with Gasteiger partial charge in [-0.2, -0.15) is 0 Å². The van der Waals surface area contributed by atoms with Crippen molar-refractivity contribution in [3.05, 3.63) is 35.9 Å². The Morgan fingerprint density at radius 3 is 2.56 bits per heavy atom. The van der Waals surface area contributed by atoms with Crippen molar-refractivity contribution >= 4 is 11.6 Å². The number of carbonyl (C=O) groups is 1. The van der Waals surface area contributed by atoms with Crippen LogP contribution in [0.1, 0.15) is 63.4 Å². The number of nitrogens with two attached hydrogens (primary N) is 1. The number of benzene rings is 1. The number of rotatable bonds is 2. The van der Waals surface area contributed by atoms with Crippen LogP contribution in [0.25, 0.3) is 0 Å². The molecule has 0 aliphatic heterocycles. The van der Waals surface area contributed by atoms with Crippen molar-refractivity contribution < 1.29 is 4.79 Å². The second-order valence-electron chi connectivity index (χ2n) is 10.4. The molecular weight excluding hydrogens is 332 g/mol. The van der Waals surface area contributed by atoms with Crippen LogP contribution in [0.2, 0.25) is 0 Å². The molecule has 142 valence electrons. The molecule has 6 fully saturated rings. The van der Waals surface area contributed by atoms with Crippen LogP contribution in [0.15, 0.2) is 35.3 Å². The minimum atomic E-state index is -0.183. The van der Waals surface area contributed by atoms with E-state index in [0.717, 1.165) is 74.3 Å². The largest absolute Gasteiger partial charge is 0.328 e. The summed E-state index contributed by atoms with van der Waals surface area (Å²) < 4.78 is 0. The Morgan fingerprint density at radius 1 is 1.04 bits per heavy atom. The molecule has 1 amide bonds. The molecule has 3 heteroatoms. The van der Waals surface area contributed by atoms with Crippen molar-refractivity contribution in [3.63, 3.8) is 0 Å². The zero-order valence-electron chi connectivity index (χ0n) is 16.1. The van der Waals surface area contributed by atoms with Crippen LogP contribution in [0.4, 0.5) is 0 Å². The molecule has 6 bridgehead atoms. The molecule has 0 radical (unpaired) electrons. The fourth-order valence-corrected chi connectivity index (χ4v) is 8.31. The number of nitrogens with zero attached hydrogens (tertiary/aromatic N) is 1. The lowest BCUT2D eigenvalue weighted by molar-refractivity contribution is -0.141. The Kier molecular flexibility index (Phi) is 3.37. The lowest BCUT2D eigenvalue weighted by Crippen LogP contribution is -2.56. The standard InChI is InChI=1S/C24H30N2O/c25-18-6-8-19(9-7-18)26-22(27)23-11-16-10-15-12-24(14-23,21(16)20(15)13-23)17-4-2-1-3-5-17/h1-5,15-16,18,20-21H,6-14,25H2. The maximum absolute atomic E-state index is 13.6. The molecule has 6 saturated carbocycles. The molecule has 0 saturated heterocycles. The fraction of sp³-hybridized carbons (Fsp3) is 0.667. The Bertz CT molecular complexity index is 807. The summed E-state index contributed by atoms with van der Waals surface area (Å²) in [6, 6.07) is 11.4. The molecule has 1 aromatic carbocycles. The van der Waals surface area contributed by atoms with Gasteiger partial charge in [0.15, 0.2) is 0 Å². The van der Waals surface area contributed by atoms with Gasteiger partial charge in [0.25, 0.3) is 5.91 Å². The molecule has 2 N–H and O–H groups in total. The minimum Gasteiger partial charge on any atom is -0.328 e. The Labute approximate surface area is 161 Å². The molecule has 7 rings (SSSR count). The van der Waals surface area contributed by atoms with Gasteiger partial charge in [0.05, 0.1) is 5.41 Å². The zero-order chi connectivity index (χ0) is 18.2. The topological polar surface area (TPSA) is 55.4 Å². The van der Waals surface area contributed by atoms with E-state index >= 15 is 0 Å². The van der Waals surface area contributed by atoms with Gasteiger partial charge in [-0.1, -0.05) is 30.3 Å². The first kappa shape index (κ1) is 16.5. The van der Waals surface area contributed by atoms with Crippen molar-refractivity contribution in [1.82, 2.24) is 0 Å². The third kappa shape index (κ3) is 2.18. The van der Waals surface area contributed by atoms with Crippen LogP contribution >= 0.6 is 0 Å². The third-order valence-electron chi connectivity index (χ3n) is 9.05. The summed E-state index contributed by atoms with van der Waals surface area (Å²) in [6.45, 7) is 0. The Morgan fingerprint density at radius 2 is 1.81 bits per heavy atom. The van der Waals surface area contributed by atoms with Gasteiger partial charge in [-0.15, -0.1) is 0 Å². The van der Waals surface area contributed by atoms with Crippen molar-refractivity contribution in [1.29, 1.82) is 0 Å². The van der Waals surface area contributed by atoms with E-state index in [1.165, 1.54) is 18.4 Å². The molecule has 0 heterocycles. The first-order valence-electron chi connectivity index (χ1n) is 11.0. The van der Waals surface area contributed by atoms with E-state index in [1.807, 2.05) is 0 Å². The highest BCUT2D eigenvalue weighted by molar-refractivity contribution is 5.98. The van der Waals surface area contributed by atoms with Gasteiger partial charge < -0.3 is 5.73 Å². The molecule has 6 aliphatic carbocycles. The van der Waals surface area contributed by atoms with Gasteiger partial charge in [0.1, 0.15) is 0 Å². The summed E-state index contributed by atoms with van der Waals surface area (Å²) in [7, 11) is 0. The number of hydrogen-bond donors (Lipinski definition) is 1. The summed E-state index contributed by atoms with van der Waals surface area (Å²) in [5.74, 6) is 3.41. The van der Waals surface area contributed by atoms with Crippen molar-refractivity contribution in [2.24, 2.45) is 39.8 Å². The van der Waals surface area contributed by atoms with Gasteiger partial charge in [-0.25, -0.2) is 4.99 Å². The SMILES string of the molecule is NC1CCC(=NC(=O)C23CC4CC5CC(c6ccccc6)(C2)C4C5C3)CC1.